The van der Waals surface area contributed by atoms with Crippen LogP contribution in [0.1, 0.15) is 33.4 Å². The van der Waals surface area contributed by atoms with Gasteiger partial charge in [-0.2, -0.15) is 5.10 Å². The average Bonchev–Trinajstić information content (AvgIpc) is 3.22. The number of furan rings is 1. The second-order valence-corrected chi connectivity index (χ2v) is 5.91. The third kappa shape index (κ3) is 4.27. The number of aromatic carboxylic acids is 1. The molecule has 3 aromatic rings. The summed E-state index contributed by atoms with van der Waals surface area (Å²) >= 11 is 0. The number of ether oxygens (including phenoxy) is 1. The number of hydrogen-bond donors (Lipinski definition) is 2. The zero-order chi connectivity index (χ0) is 20.1. The van der Waals surface area contributed by atoms with E-state index < -0.39 is 5.97 Å². The summed E-state index contributed by atoms with van der Waals surface area (Å²) in [5.41, 5.74) is 5.17. The fourth-order valence-corrected chi connectivity index (χ4v) is 2.49. The van der Waals surface area contributed by atoms with Crippen molar-refractivity contribution in [1.82, 2.24) is 5.43 Å². The summed E-state index contributed by atoms with van der Waals surface area (Å²) in [6.45, 7) is 1.78. The molecule has 1 aromatic heterocycles. The maximum absolute atomic E-state index is 12.2. The Kier molecular flexibility index (Phi) is 5.55. The Balaban J connectivity index is 1.68. The fourth-order valence-electron chi connectivity index (χ4n) is 2.49. The average molecular weight is 378 g/mol. The van der Waals surface area contributed by atoms with Gasteiger partial charge in [0.25, 0.3) is 5.91 Å². The number of amides is 1. The number of nitrogens with one attached hydrogen (secondary N) is 1. The number of benzene rings is 2. The quantitative estimate of drug-likeness (QED) is 0.502. The minimum atomic E-state index is -1.11. The van der Waals surface area contributed by atoms with E-state index in [1.54, 1.807) is 56.5 Å². The molecule has 0 aliphatic carbocycles. The molecule has 0 atom stereocenters. The van der Waals surface area contributed by atoms with Crippen LogP contribution in [0.15, 0.2) is 70.2 Å². The standard InChI is InChI=1S/C21H18N2O5/c1-13(22-23-20(24)16-7-9-17(27-2)10-8-16)14-3-5-15(6-4-14)18-11-12-19(28-18)21(25)26/h3-12H,1-2H3,(H,23,24)(H,25,26)/b22-13+. The molecule has 7 heteroatoms. The van der Waals surface area contributed by atoms with Crippen molar-refractivity contribution in [3.8, 4) is 17.1 Å². The molecular weight excluding hydrogens is 360 g/mol. The van der Waals surface area contributed by atoms with Gasteiger partial charge in [-0.25, -0.2) is 10.2 Å². The van der Waals surface area contributed by atoms with Crippen molar-refractivity contribution >= 4 is 17.6 Å². The molecule has 7 nitrogen and oxygen atoms in total. The lowest BCUT2D eigenvalue weighted by atomic mass is 10.1. The van der Waals surface area contributed by atoms with E-state index in [9.17, 15) is 9.59 Å². The topological polar surface area (TPSA) is 101 Å². The van der Waals surface area contributed by atoms with Crippen LogP contribution in [0.2, 0.25) is 0 Å². The molecule has 0 bridgehead atoms. The Hall–Kier alpha value is -3.87. The summed E-state index contributed by atoms with van der Waals surface area (Å²) < 4.78 is 10.3. The van der Waals surface area contributed by atoms with Gasteiger partial charge in [0.1, 0.15) is 11.5 Å². The number of rotatable bonds is 6. The molecule has 0 spiro atoms. The normalized spacial score (nSPS) is 11.1. The molecule has 0 radical (unpaired) electrons. The molecule has 1 heterocycles. The summed E-state index contributed by atoms with van der Waals surface area (Å²) in [4.78, 5) is 23.1. The van der Waals surface area contributed by atoms with E-state index >= 15 is 0 Å². The molecule has 3 rings (SSSR count). The number of carbonyl (C=O) groups is 2. The molecule has 0 unspecified atom stereocenters. The van der Waals surface area contributed by atoms with E-state index in [0.717, 1.165) is 11.1 Å². The Morgan fingerprint density at radius 1 is 0.964 bits per heavy atom. The summed E-state index contributed by atoms with van der Waals surface area (Å²) in [5, 5.41) is 13.1. The molecule has 0 fully saturated rings. The monoisotopic (exact) mass is 378 g/mol. The lowest BCUT2D eigenvalue weighted by molar-refractivity contribution is 0.0663. The number of methoxy groups -OCH3 is 1. The van der Waals surface area contributed by atoms with Crippen LogP contribution in [0.4, 0.5) is 0 Å². The van der Waals surface area contributed by atoms with Gasteiger partial charge in [-0.3, -0.25) is 4.79 Å². The molecule has 0 aliphatic rings. The third-order valence-electron chi connectivity index (χ3n) is 4.08. The first-order valence-corrected chi connectivity index (χ1v) is 8.40. The number of hydrazone groups is 1. The summed E-state index contributed by atoms with van der Waals surface area (Å²) in [6, 6.07) is 17.0. The Morgan fingerprint density at radius 2 is 1.61 bits per heavy atom. The maximum atomic E-state index is 12.2. The minimum Gasteiger partial charge on any atom is -0.497 e. The van der Waals surface area contributed by atoms with Gasteiger partial charge in [0.15, 0.2) is 0 Å². The lowest BCUT2D eigenvalue weighted by Crippen LogP contribution is -2.19. The van der Waals surface area contributed by atoms with Crippen LogP contribution in [-0.4, -0.2) is 29.8 Å². The van der Waals surface area contributed by atoms with Gasteiger partial charge >= 0.3 is 5.97 Å². The van der Waals surface area contributed by atoms with Gasteiger partial charge in [0.05, 0.1) is 12.8 Å². The molecule has 0 saturated carbocycles. The smallest absolute Gasteiger partial charge is 0.371 e. The van der Waals surface area contributed by atoms with Crippen molar-refractivity contribution < 1.29 is 23.8 Å². The predicted molar refractivity (Wildman–Crippen MR) is 104 cm³/mol. The minimum absolute atomic E-state index is 0.113. The van der Waals surface area contributed by atoms with Crippen LogP contribution in [0.3, 0.4) is 0 Å². The van der Waals surface area contributed by atoms with Crippen molar-refractivity contribution in [2.24, 2.45) is 5.10 Å². The van der Waals surface area contributed by atoms with Gasteiger partial charge in [0, 0.05) is 11.1 Å². The van der Waals surface area contributed by atoms with Crippen LogP contribution >= 0.6 is 0 Å². The van der Waals surface area contributed by atoms with Gasteiger partial charge in [0.2, 0.25) is 5.76 Å². The van der Waals surface area contributed by atoms with E-state index in [-0.39, 0.29) is 11.7 Å². The van der Waals surface area contributed by atoms with E-state index in [1.807, 2.05) is 12.1 Å². The zero-order valence-corrected chi connectivity index (χ0v) is 15.3. The van der Waals surface area contributed by atoms with E-state index in [1.165, 1.54) is 6.07 Å². The molecular formula is C21H18N2O5. The number of carboxylic acids is 1. The number of hydrogen-bond acceptors (Lipinski definition) is 5. The molecule has 142 valence electrons. The highest BCUT2D eigenvalue weighted by molar-refractivity contribution is 6.01. The first kappa shape index (κ1) is 18.9. The van der Waals surface area contributed by atoms with Crippen LogP contribution in [-0.2, 0) is 0 Å². The highest BCUT2D eigenvalue weighted by Gasteiger charge is 2.11. The first-order chi connectivity index (χ1) is 13.5. The van der Waals surface area contributed by atoms with Crippen LogP contribution in [0.25, 0.3) is 11.3 Å². The third-order valence-corrected chi connectivity index (χ3v) is 4.08. The SMILES string of the molecule is COc1ccc(C(=O)N/N=C(\C)c2ccc(-c3ccc(C(=O)O)o3)cc2)cc1. The molecule has 28 heavy (non-hydrogen) atoms. The maximum Gasteiger partial charge on any atom is 0.371 e. The summed E-state index contributed by atoms with van der Waals surface area (Å²) in [7, 11) is 1.56. The van der Waals surface area contributed by atoms with Crippen molar-refractivity contribution in [3.05, 3.63) is 77.6 Å². The van der Waals surface area contributed by atoms with Gasteiger partial charge in [-0.1, -0.05) is 24.3 Å². The molecule has 0 saturated heterocycles. The zero-order valence-electron chi connectivity index (χ0n) is 15.3. The van der Waals surface area contributed by atoms with Crippen molar-refractivity contribution in [3.63, 3.8) is 0 Å². The predicted octanol–water partition coefficient (Wildman–Crippen LogP) is 3.81. The largest absolute Gasteiger partial charge is 0.497 e. The van der Waals surface area contributed by atoms with Crippen molar-refractivity contribution in [2.75, 3.05) is 7.11 Å². The summed E-state index contributed by atoms with van der Waals surface area (Å²) in [6.07, 6.45) is 0. The molecule has 2 N–H and O–H groups in total. The van der Waals surface area contributed by atoms with Crippen LogP contribution in [0.5, 0.6) is 5.75 Å². The Labute approximate surface area is 161 Å². The van der Waals surface area contributed by atoms with Gasteiger partial charge in [-0.15, -0.1) is 0 Å². The second-order valence-electron chi connectivity index (χ2n) is 5.91. The number of carbonyl (C=O) groups excluding carboxylic acids is 1. The van der Waals surface area contributed by atoms with E-state index in [0.29, 0.717) is 22.8 Å². The van der Waals surface area contributed by atoms with Crippen molar-refractivity contribution in [2.45, 2.75) is 6.92 Å². The Bertz CT molecular complexity index is 1020. The number of carboxylic acid groups (broad SMARTS) is 1. The summed E-state index contributed by atoms with van der Waals surface area (Å²) in [5.74, 6) is -0.415. The highest BCUT2D eigenvalue weighted by Crippen LogP contribution is 2.22. The van der Waals surface area contributed by atoms with E-state index in [2.05, 4.69) is 10.5 Å². The molecule has 1 amide bonds. The first-order valence-electron chi connectivity index (χ1n) is 8.40. The second kappa shape index (κ2) is 8.22. The van der Waals surface area contributed by atoms with Gasteiger partial charge < -0.3 is 14.3 Å². The molecule has 0 aliphatic heterocycles. The number of nitrogens with zero attached hydrogens (tertiary/aromatic N) is 1. The van der Waals surface area contributed by atoms with Gasteiger partial charge in [-0.05, 0) is 48.9 Å². The van der Waals surface area contributed by atoms with E-state index in [4.69, 9.17) is 14.3 Å². The van der Waals surface area contributed by atoms with Crippen LogP contribution < -0.4 is 10.2 Å². The van der Waals surface area contributed by atoms with Crippen molar-refractivity contribution in [1.29, 1.82) is 0 Å². The lowest BCUT2D eigenvalue weighted by Gasteiger charge is -2.05. The molecule has 2 aromatic carbocycles. The van der Waals surface area contributed by atoms with Crippen LogP contribution in [0, 0.1) is 0 Å². The Morgan fingerprint density at radius 3 is 2.18 bits per heavy atom. The highest BCUT2D eigenvalue weighted by atomic mass is 16.5. The fraction of sp³-hybridized carbons (Fsp3) is 0.0952.